The Kier molecular flexibility index (Phi) is 7.51. The molecule has 1 aromatic carbocycles. The van der Waals surface area contributed by atoms with Crippen molar-refractivity contribution in [2.24, 2.45) is 5.92 Å². The van der Waals surface area contributed by atoms with Crippen LogP contribution in [0.5, 0.6) is 0 Å². The Hall–Kier alpha value is -3.75. The highest BCUT2D eigenvalue weighted by molar-refractivity contribution is 6.39. The van der Waals surface area contributed by atoms with Crippen molar-refractivity contribution < 1.29 is 19.2 Å². The van der Waals surface area contributed by atoms with Crippen LogP contribution in [0, 0.1) is 5.92 Å². The summed E-state index contributed by atoms with van der Waals surface area (Å²) in [5.41, 5.74) is 1.76. The molecule has 9 nitrogen and oxygen atoms in total. The van der Waals surface area contributed by atoms with E-state index in [0.717, 1.165) is 31.4 Å². The van der Waals surface area contributed by atoms with Crippen molar-refractivity contribution in [3.8, 4) is 0 Å². The van der Waals surface area contributed by atoms with E-state index in [1.807, 2.05) is 6.07 Å². The molecule has 4 rings (SSSR count). The van der Waals surface area contributed by atoms with Gasteiger partial charge in [-0.2, -0.15) is 0 Å². The Labute approximate surface area is 198 Å². The summed E-state index contributed by atoms with van der Waals surface area (Å²) in [6.07, 6.45) is 7.06. The third kappa shape index (κ3) is 5.78. The molecule has 9 heteroatoms. The van der Waals surface area contributed by atoms with Crippen LogP contribution in [0.4, 0.5) is 11.4 Å². The molecule has 178 valence electrons. The molecule has 34 heavy (non-hydrogen) atoms. The van der Waals surface area contributed by atoms with E-state index < -0.39 is 11.8 Å². The summed E-state index contributed by atoms with van der Waals surface area (Å²) in [5, 5.41) is 5.32. The second kappa shape index (κ2) is 10.9. The maximum absolute atomic E-state index is 12.5. The summed E-state index contributed by atoms with van der Waals surface area (Å²) in [6, 6.07) is 10.5. The third-order valence-corrected chi connectivity index (χ3v) is 6.31. The number of likely N-dealkylation sites (tertiary alicyclic amines) is 1. The number of piperidine rings is 2. The summed E-state index contributed by atoms with van der Waals surface area (Å²) >= 11 is 0. The van der Waals surface area contributed by atoms with Gasteiger partial charge in [0, 0.05) is 56.4 Å². The number of carbonyl (C=O) groups excluding carboxylic acids is 4. The first-order valence-electron chi connectivity index (χ1n) is 11.7. The van der Waals surface area contributed by atoms with Crippen molar-refractivity contribution in [2.75, 3.05) is 36.4 Å². The van der Waals surface area contributed by atoms with Gasteiger partial charge in [0.05, 0.1) is 5.56 Å². The summed E-state index contributed by atoms with van der Waals surface area (Å²) in [6.45, 7) is 2.23. The molecule has 0 spiro atoms. The third-order valence-electron chi connectivity index (χ3n) is 6.31. The maximum atomic E-state index is 12.5. The molecule has 3 heterocycles. The van der Waals surface area contributed by atoms with Gasteiger partial charge in [0.1, 0.15) is 0 Å². The lowest BCUT2D eigenvalue weighted by atomic mass is 9.96. The van der Waals surface area contributed by atoms with Crippen LogP contribution >= 0.6 is 0 Å². The molecule has 4 amide bonds. The van der Waals surface area contributed by atoms with Gasteiger partial charge >= 0.3 is 11.8 Å². The highest BCUT2D eigenvalue weighted by Crippen LogP contribution is 2.24. The van der Waals surface area contributed by atoms with Gasteiger partial charge in [0.15, 0.2) is 0 Å². The number of hydrogen-bond acceptors (Lipinski definition) is 5. The van der Waals surface area contributed by atoms with Crippen molar-refractivity contribution in [3.63, 3.8) is 0 Å². The minimum absolute atomic E-state index is 0.0385. The van der Waals surface area contributed by atoms with Crippen molar-refractivity contribution in [3.05, 3.63) is 54.4 Å². The van der Waals surface area contributed by atoms with E-state index in [1.54, 1.807) is 52.5 Å². The standard InChI is InChI=1S/C25H29N5O4/c31-22-8-1-2-12-30(22)21-7-3-6-20(15-21)28-24(33)23(32)27-16-18-9-13-29(14-10-18)25(34)19-5-4-11-26-17-19/h3-7,11,15,17-18H,1-2,8-10,12-14,16H2,(H,27,32)(H,28,33). The van der Waals surface area contributed by atoms with Crippen molar-refractivity contribution in [2.45, 2.75) is 32.1 Å². The zero-order valence-corrected chi connectivity index (χ0v) is 19.0. The number of rotatable bonds is 5. The lowest BCUT2D eigenvalue weighted by Gasteiger charge is -2.32. The van der Waals surface area contributed by atoms with Gasteiger partial charge in [0.25, 0.3) is 5.91 Å². The molecule has 0 aliphatic carbocycles. The molecule has 2 fully saturated rings. The predicted octanol–water partition coefficient (Wildman–Crippen LogP) is 2.21. The van der Waals surface area contributed by atoms with E-state index in [9.17, 15) is 19.2 Å². The second-order valence-corrected chi connectivity index (χ2v) is 8.69. The summed E-state index contributed by atoms with van der Waals surface area (Å²) in [5.74, 6) is -1.22. The highest BCUT2D eigenvalue weighted by Gasteiger charge is 2.25. The van der Waals surface area contributed by atoms with Crippen LogP contribution in [-0.2, 0) is 14.4 Å². The number of aromatic nitrogens is 1. The summed E-state index contributed by atoms with van der Waals surface area (Å²) in [7, 11) is 0. The molecule has 2 aromatic rings. The number of nitrogens with zero attached hydrogens (tertiary/aromatic N) is 3. The van der Waals surface area contributed by atoms with Gasteiger partial charge in [-0.15, -0.1) is 0 Å². The molecule has 2 aliphatic rings. The van der Waals surface area contributed by atoms with Gasteiger partial charge in [-0.25, -0.2) is 0 Å². The van der Waals surface area contributed by atoms with Gasteiger partial charge in [-0.05, 0) is 61.9 Å². The number of hydrogen-bond donors (Lipinski definition) is 2. The van der Waals surface area contributed by atoms with Crippen LogP contribution < -0.4 is 15.5 Å². The maximum Gasteiger partial charge on any atom is 0.313 e. The number of pyridine rings is 1. The summed E-state index contributed by atoms with van der Waals surface area (Å²) in [4.78, 5) is 56.9. The van der Waals surface area contributed by atoms with Crippen LogP contribution in [0.15, 0.2) is 48.8 Å². The quantitative estimate of drug-likeness (QED) is 0.661. The van der Waals surface area contributed by atoms with Crippen molar-refractivity contribution >= 4 is 35.0 Å². The molecular weight excluding hydrogens is 434 g/mol. The first-order valence-corrected chi connectivity index (χ1v) is 11.7. The largest absolute Gasteiger partial charge is 0.348 e. The molecule has 2 aliphatic heterocycles. The topological polar surface area (TPSA) is 112 Å². The average molecular weight is 464 g/mol. The minimum atomic E-state index is -0.744. The first-order chi connectivity index (χ1) is 16.5. The van der Waals surface area contributed by atoms with Gasteiger partial charge in [0.2, 0.25) is 5.91 Å². The fraction of sp³-hybridized carbons (Fsp3) is 0.400. The van der Waals surface area contributed by atoms with Crippen LogP contribution in [0.1, 0.15) is 42.5 Å². The van der Waals surface area contributed by atoms with E-state index >= 15 is 0 Å². The SMILES string of the molecule is O=C(NCC1CCN(C(=O)c2cccnc2)CC1)C(=O)Nc1cccc(N2CCCCC2=O)c1. The first kappa shape index (κ1) is 23.4. The molecule has 0 bridgehead atoms. The van der Waals surface area contributed by atoms with E-state index in [1.165, 1.54) is 0 Å². The van der Waals surface area contributed by atoms with Crippen LogP contribution in [0.25, 0.3) is 0 Å². The van der Waals surface area contributed by atoms with E-state index in [2.05, 4.69) is 15.6 Å². The average Bonchev–Trinajstić information content (AvgIpc) is 2.88. The molecule has 0 radical (unpaired) electrons. The minimum Gasteiger partial charge on any atom is -0.348 e. The Bertz CT molecular complexity index is 1050. The predicted molar refractivity (Wildman–Crippen MR) is 127 cm³/mol. The number of nitrogens with one attached hydrogen (secondary N) is 2. The Morgan fingerprint density at radius 3 is 2.56 bits per heavy atom. The Balaban J connectivity index is 1.23. The monoisotopic (exact) mass is 463 g/mol. The number of anilines is 2. The van der Waals surface area contributed by atoms with E-state index in [0.29, 0.717) is 43.9 Å². The zero-order valence-electron chi connectivity index (χ0n) is 19.0. The molecule has 1 aromatic heterocycles. The number of amides is 4. The highest BCUT2D eigenvalue weighted by atomic mass is 16.2. The fourth-order valence-electron chi connectivity index (χ4n) is 4.35. The van der Waals surface area contributed by atoms with Crippen LogP contribution in [0.2, 0.25) is 0 Å². The zero-order chi connectivity index (χ0) is 23.9. The normalized spacial score (nSPS) is 16.8. The van der Waals surface area contributed by atoms with Crippen molar-refractivity contribution in [1.29, 1.82) is 0 Å². The Morgan fingerprint density at radius 2 is 1.82 bits per heavy atom. The van der Waals surface area contributed by atoms with Gasteiger partial charge in [-0.1, -0.05) is 6.07 Å². The van der Waals surface area contributed by atoms with Crippen LogP contribution in [0.3, 0.4) is 0 Å². The van der Waals surface area contributed by atoms with Crippen LogP contribution in [-0.4, -0.2) is 59.7 Å². The van der Waals surface area contributed by atoms with Crippen molar-refractivity contribution in [1.82, 2.24) is 15.2 Å². The van der Waals surface area contributed by atoms with Gasteiger partial charge < -0.3 is 20.4 Å². The lowest BCUT2D eigenvalue weighted by Crippen LogP contribution is -2.43. The number of benzene rings is 1. The smallest absolute Gasteiger partial charge is 0.313 e. The molecule has 0 saturated carbocycles. The molecule has 0 unspecified atom stereocenters. The Morgan fingerprint density at radius 1 is 1.00 bits per heavy atom. The van der Waals surface area contributed by atoms with Gasteiger partial charge in [-0.3, -0.25) is 24.2 Å². The molecule has 2 saturated heterocycles. The molecular formula is C25H29N5O4. The summed E-state index contributed by atoms with van der Waals surface area (Å²) < 4.78 is 0. The molecule has 2 N–H and O–H groups in total. The lowest BCUT2D eigenvalue weighted by molar-refractivity contribution is -0.136. The number of carbonyl (C=O) groups is 4. The second-order valence-electron chi connectivity index (χ2n) is 8.69. The van der Waals surface area contributed by atoms with E-state index in [-0.39, 0.29) is 17.7 Å². The molecule has 0 atom stereocenters. The van der Waals surface area contributed by atoms with E-state index in [4.69, 9.17) is 0 Å². The fourth-order valence-corrected chi connectivity index (χ4v) is 4.35.